The van der Waals surface area contributed by atoms with Crippen LogP contribution >= 0.6 is 23.1 Å². The average Bonchev–Trinajstić information content (AvgIpc) is 3.11. The minimum absolute atomic E-state index is 0.381. The van der Waals surface area contributed by atoms with Crippen LogP contribution in [0.5, 0.6) is 0 Å². The predicted molar refractivity (Wildman–Crippen MR) is 103 cm³/mol. The highest BCUT2D eigenvalue weighted by Crippen LogP contribution is 2.52. The maximum Gasteiger partial charge on any atom is 0.107 e. The fourth-order valence-corrected chi connectivity index (χ4v) is 5.93. The van der Waals surface area contributed by atoms with E-state index in [1.165, 1.54) is 25.7 Å². The molecule has 4 rings (SSSR count). The fourth-order valence-electron chi connectivity index (χ4n) is 3.03. The summed E-state index contributed by atoms with van der Waals surface area (Å²) in [5.74, 6) is 0. The van der Waals surface area contributed by atoms with Crippen molar-refractivity contribution in [3.8, 4) is 0 Å². The second kappa shape index (κ2) is 6.46. The molecule has 1 aliphatic carbocycles. The van der Waals surface area contributed by atoms with Gasteiger partial charge in [0, 0.05) is 22.3 Å². The first kappa shape index (κ1) is 14.9. The highest BCUT2D eigenvalue weighted by atomic mass is 32.2. The summed E-state index contributed by atoms with van der Waals surface area (Å²) < 4.78 is 1.39. The van der Waals surface area contributed by atoms with E-state index in [2.05, 4.69) is 71.9 Å². The number of rotatable bonds is 4. The Labute approximate surface area is 145 Å². The number of benzene rings is 1. The lowest BCUT2D eigenvalue weighted by Gasteiger charge is -2.21. The fraction of sp³-hybridized carbons (Fsp3) is 0.263. The summed E-state index contributed by atoms with van der Waals surface area (Å²) >= 11 is 3.88. The van der Waals surface area contributed by atoms with Gasteiger partial charge in [0.25, 0.3) is 0 Å². The lowest BCUT2D eigenvalue weighted by molar-refractivity contribution is 0.881. The van der Waals surface area contributed by atoms with E-state index < -0.39 is 0 Å². The number of hydrogen-bond donors (Lipinski definition) is 1. The summed E-state index contributed by atoms with van der Waals surface area (Å²) in [6.07, 6.45) is 13.3. The van der Waals surface area contributed by atoms with Crippen molar-refractivity contribution >= 4 is 38.2 Å². The molecule has 0 saturated heterocycles. The molecule has 1 atom stereocenters. The monoisotopic (exact) mass is 340 g/mol. The van der Waals surface area contributed by atoms with Gasteiger partial charge in [-0.05, 0) is 44.2 Å². The van der Waals surface area contributed by atoms with E-state index in [-0.39, 0.29) is 0 Å². The molecule has 4 heteroatoms. The van der Waals surface area contributed by atoms with Crippen LogP contribution in [0.2, 0.25) is 0 Å². The van der Waals surface area contributed by atoms with Crippen LogP contribution in [-0.4, -0.2) is 11.9 Å². The molecule has 0 amide bonds. The largest absolute Gasteiger partial charge is 0.362 e. The zero-order valence-corrected chi connectivity index (χ0v) is 14.8. The topological polar surface area (TPSA) is 15.3 Å². The van der Waals surface area contributed by atoms with Crippen molar-refractivity contribution in [3.63, 3.8) is 0 Å². The Kier molecular flexibility index (Phi) is 4.19. The van der Waals surface area contributed by atoms with Crippen molar-refractivity contribution < 1.29 is 0 Å². The quantitative estimate of drug-likeness (QED) is 0.791. The van der Waals surface area contributed by atoms with E-state index >= 15 is 0 Å². The Morgan fingerprint density at radius 2 is 2.22 bits per heavy atom. The van der Waals surface area contributed by atoms with E-state index in [0.717, 1.165) is 19.4 Å². The van der Waals surface area contributed by atoms with E-state index in [9.17, 15) is 0 Å². The Morgan fingerprint density at radius 3 is 3.04 bits per heavy atom. The average molecular weight is 341 g/mol. The summed E-state index contributed by atoms with van der Waals surface area (Å²) in [6, 6.07) is 8.73. The molecular formula is C19H20N2S2. The van der Waals surface area contributed by atoms with Crippen LogP contribution < -0.4 is 10.2 Å². The number of likely N-dealkylation sites (N-methyl/N-ethyl adjacent to an activating group) is 1. The Hall–Kier alpha value is -1.65. The molecule has 1 aliphatic heterocycles. The van der Waals surface area contributed by atoms with Crippen molar-refractivity contribution in [3.05, 3.63) is 60.5 Å². The first-order chi connectivity index (χ1) is 11.4. The van der Waals surface area contributed by atoms with E-state index in [1.54, 1.807) is 0 Å². The molecule has 0 bridgehead atoms. The van der Waals surface area contributed by atoms with Crippen molar-refractivity contribution in [2.75, 3.05) is 11.4 Å². The highest BCUT2D eigenvalue weighted by Gasteiger charge is 2.30. The molecule has 2 aromatic rings. The van der Waals surface area contributed by atoms with Crippen LogP contribution in [0.15, 0.2) is 65.4 Å². The molecule has 2 aliphatic rings. The molecule has 2 heterocycles. The van der Waals surface area contributed by atoms with Crippen LogP contribution in [0, 0.1) is 0 Å². The third-order valence-corrected chi connectivity index (χ3v) is 6.82. The second-order valence-electron chi connectivity index (χ2n) is 5.67. The van der Waals surface area contributed by atoms with Crippen molar-refractivity contribution in [1.82, 2.24) is 5.32 Å². The van der Waals surface area contributed by atoms with Gasteiger partial charge < -0.3 is 10.2 Å². The molecule has 0 fully saturated rings. The molecule has 1 aromatic heterocycles. The molecule has 1 unspecified atom stereocenters. The first-order valence-corrected chi connectivity index (χ1v) is 9.81. The van der Waals surface area contributed by atoms with Gasteiger partial charge in [-0.25, -0.2) is 0 Å². The lowest BCUT2D eigenvalue weighted by atomic mass is 10.1. The van der Waals surface area contributed by atoms with Gasteiger partial charge >= 0.3 is 0 Å². The summed E-state index contributed by atoms with van der Waals surface area (Å²) in [5.41, 5.74) is 1.21. The molecule has 1 aromatic carbocycles. The van der Waals surface area contributed by atoms with Crippen LogP contribution in [0.1, 0.15) is 19.8 Å². The number of anilines is 1. The van der Waals surface area contributed by atoms with Crippen molar-refractivity contribution in [2.24, 2.45) is 0 Å². The zero-order valence-electron chi connectivity index (χ0n) is 13.2. The maximum absolute atomic E-state index is 3.41. The van der Waals surface area contributed by atoms with E-state index in [0.29, 0.717) is 5.37 Å². The van der Waals surface area contributed by atoms with Gasteiger partial charge in [0.15, 0.2) is 0 Å². The first-order valence-electron chi connectivity index (χ1n) is 8.11. The summed E-state index contributed by atoms with van der Waals surface area (Å²) in [5, 5.41) is 6.61. The zero-order chi connectivity index (χ0) is 15.6. The second-order valence-corrected chi connectivity index (χ2v) is 7.83. The maximum atomic E-state index is 3.41. The molecule has 0 spiro atoms. The number of allylic oxidation sites excluding steroid dienone is 3. The van der Waals surface area contributed by atoms with E-state index in [4.69, 9.17) is 0 Å². The van der Waals surface area contributed by atoms with Gasteiger partial charge in [0.2, 0.25) is 0 Å². The number of fused-ring (bicyclic) bond motifs is 3. The Balaban J connectivity index is 1.54. The number of hydrogen-bond acceptors (Lipinski definition) is 4. The summed E-state index contributed by atoms with van der Waals surface area (Å²) in [6.45, 7) is 3.27. The van der Waals surface area contributed by atoms with Crippen LogP contribution in [0.4, 0.5) is 5.00 Å². The summed E-state index contributed by atoms with van der Waals surface area (Å²) in [7, 11) is 0. The van der Waals surface area contributed by atoms with Crippen molar-refractivity contribution in [1.29, 1.82) is 0 Å². The van der Waals surface area contributed by atoms with Gasteiger partial charge in [-0.15, -0.1) is 11.3 Å². The number of nitrogens with zero attached hydrogens (tertiary/aromatic N) is 1. The minimum atomic E-state index is 0.381. The van der Waals surface area contributed by atoms with Crippen molar-refractivity contribution in [2.45, 2.75) is 30.0 Å². The van der Waals surface area contributed by atoms with Gasteiger partial charge in [-0.2, -0.15) is 0 Å². The standard InChI is InChI=1S/C19H20N2S2/c1-2-21-17(12-13-20-14-8-4-3-5-9-14)23-18-15-10-6-7-11-16(15)22-19(18)21/h4,6-13,17,20H,2-3,5H2,1H3/b13-12+. The molecule has 118 valence electrons. The number of thioether (sulfide) groups is 1. The number of nitrogens with one attached hydrogen (secondary N) is 1. The third kappa shape index (κ3) is 2.81. The van der Waals surface area contributed by atoms with E-state index in [1.807, 2.05) is 23.1 Å². The SMILES string of the molecule is CCN1c2sc3ccccc3c2SC1/C=C/NC1=CCCC=C1. The molecule has 23 heavy (non-hydrogen) atoms. The number of thiophene rings is 1. The Bertz CT molecular complexity index is 801. The predicted octanol–water partition coefficient (Wildman–Crippen LogP) is 5.50. The third-order valence-electron chi connectivity index (χ3n) is 4.19. The molecule has 2 nitrogen and oxygen atoms in total. The molecule has 1 N–H and O–H groups in total. The smallest absolute Gasteiger partial charge is 0.107 e. The van der Waals surface area contributed by atoms with Gasteiger partial charge in [0.05, 0.1) is 4.90 Å². The highest BCUT2D eigenvalue weighted by molar-refractivity contribution is 8.01. The van der Waals surface area contributed by atoms with Crippen LogP contribution in [0.25, 0.3) is 10.1 Å². The Morgan fingerprint density at radius 1 is 1.30 bits per heavy atom. The minimum Gasteiger partial charge on any atom is -0.362 e. The molecule has 0 radical (unpaired) electrons. The molecule has 0 saturated carbocycles. The van der Waals surface area contributed by atoms with Gasteiger partial charge in [-0.1, -0.05) is 42.1 Å². The van der Waals surface area contributed by atoms with Crippen LogP contribution in [0.3, 0.4) is 0 Å². The normalized spacial score (nSPS) is 20.3. The summed E-state index contributed by atoms with van der Waals surface area (Å²) in [4.78, 5) is 3.94. The van der Waals surface area contributed by atoms with Gasteiger partial charge in [0.1, 0.15) is 10.4 Å². The van der Waals surface area contributed by atoms with Crippen LogP contribution in [-0.2, 0) is 0 Å². The lowest BCUT2D eigenvalue weighted by Crippen LogP contribution is -2.27. The van der Waals surface area contributed by atoms with Gasteiger partial charge in [-0.3, -0.25) is 0 Å². The molecular weight excluding hydrogens is 320 g/mol.